The molecule has 3 N–H and O–H groups in total. The molecule has 2 atom stereocenters. The van der Waals surface area contributed by atoms with Gasteiger partial charge in [0.25, 0.3) is 0 Å². The molecule has 0 spiro atoms. The summed E-state index contributed by atoms with van der Waals surface area (Å²) in [6, 6.07) is 0. The van der Waals surface area contributed by atoms with Crippen LogP contribution < -0.4 is 11.2 Å². The number of rotatable bonds is 7. The van der Waals surface area contributed by atoms with Crippen LogP contribution in [0.1, 0.15) is 143 Å². The third kappa shape index (κ3) is 28.6. The maximum Gasteiger partial charge on any atom is 0.0676 e. The minimum Gasteiger partial charge on any atom is -0.333 e. The number of hydrogen-bond donors (Lipinski definition) is 2. The third-order valence-corrected chi connectivity index (χ3v) is 4.43. The van der Waals surface area contributed by atoms with E-state index in [4.69, 9.17) is 0 Å². The Kier molecular flexibility index (Phi) is 66.3. The van der Waals surface area contributed by atoms with Gasteiger partial charge in [-0.05, 0) is 51.6 Å². The fraction of sp³-hybridized carbons (Fsp3) is 0.727. The fourth-order valence-corrected chi connectivity index (χ4v) is 2.57. The molecule has 2 unspecified atom stereocenters. The van der Waals surface area contributed by atoms with Crippen molar-refractivity contribution in [3.63, 3.8) is 0 Å². The molecule has 1 aliphatic rings. The maximum absolute atomic E-state index is 4.57. The second kappa shape index (κ2) is 46.7. The molecule has 3 nitrogen and oxygen atoms in total. The average molecular weight is 512 g/mol. The lowest BCUT2D eigenvalue weighted by molar-refractivity contribution is 0.597. The highest BCUT2D eigenvalue weighted by molar-refractivity contribution is 6.04. The van der Waals surface area contributed by atoms with Gasteiger partial charge in [0.15, 0.2) is 0 Å². The van der Waals surface area contributed by atoms with E-state index in [0.717, 1.165) is 18.5 Å². The van der Waals surface area contributed by atoms with Crippen molar-refractivity contribution in [2.45, 2.75) is 143 Å². The zero-order valence-electron chi connectivity index (χ0n) is 28.6. The second-order valence-electron chi connectivity index (χ2n) is 6.72. The molecule has 0 aliphatic carbocycles. The van der Waals surface area contributed by atoms with Crippen LogP contribution in [0.3, 0.4) is 0 Å². The van der Waals surface area contributed by atoms with E-state index >= 15 is 0 Å². The predicted octanol–water partition coefficient (Wildman–Crippen LogP) is 11.5. The Hall–Kier alpha value is -1.61. The van der Waals surface area contributed by atoms with Crippen LogP contribution in [0.4, 0.5) is 0 Å². The molecule has 0 bridgehead atoms. The van der Waals surface area contributed by atoms with Crippen LogP contribution in [-0.2, 0) is 0 Å². The van der Waals surface area contributed by atoms with Gasteiger partial charge >= 0.3 is 0 Å². The molecule has 1 aliphatic heterocycles. The Morgan fingerprint density at radius 2 is 1.28 bits per heavy atom. The normalized spacial score (nSPS) is 12.3. The van der Waals surface area contributed by atoms with Crippen molar-refractivity contribution in [1.82, 2.24) is 5.43 Å². The topological polar surface area (TPSA) is 50.4 Å². The second-order valence-corrected chi connectivity index (χ2v) is 6.72. The standard InChI is InChI=1S/C17H28N2.C5H10.5C2H6.CH5N/c1-7-10-13(5)16-15(11-8-2)14(6)18-19-17(16)12(4)9-3;1-4-5(2)3;6*1-2/h8,11-13,18H,6-7,9-10H2,1-5H3;2,4H2,1,3H3;5*1-2H3;2H2,1H3/b11-8-;;;;;;;. The van der Waals surface area contributed by atoms with Gasteiger partial charge in [0.05, 0.1) is 11.4 Å². The Morgan fingerprint density at radius 3 is 1.56 bits per heavy atom. The highest BCUT2D eigenvalue weighted by Crippen LogP contribution is 2.31. The van der Waals surface area contributed by atoms with E-state index in [1.165, 1.54) is 42.3 Å². The van der Waals surface area contributed by atoms with Gasteiger partial charge in [-0.3, -0.25) is 5.43 Å². The van der Waals surface area contributed by atoms with Crippen molar-refractivity contribution < 1.29 is 0 Å². The zero-order valence-corrected chi connectivity index (χ0v) is 28.6. The van der Waals surface area contributed by atoms with Crippen LogP contribution in [0.2, 0.25) is 0 Å². The molecule has 220 valence electrons. The SMILES string of the molecule is C=C(C)CC.C=C1NN=C(C(C)CC)C(C(C)CCC)=C1/C=C\C.CC.CC.CC.CC.CC.CN. The lowest BCUT2D eigenvalue weighted by Crippen LogP contribution is -2.28. The van der Waals surface area contributed by atoms with Crippen molar-refractivity contribution >= 4 is 5.71 Å². The summed E-state index contributed by atoms with van der Waals surface area (Å²) in [6.07, 6.45) is 8.85. The Bertz CT molecular complexity index is 511. The maximum atomic E-state index is 4.57. The van der Waals surface area contributed by atoms with Crippen LogP contribution in [0.25, 0.3) is 0 Å². The summed E-state index contributed by atoms with van der Waals surface area (Å²) in [5.41, 5.74) is 13.6. The van der Waals surface area contributed by atoms with E-state index in [2.05, 4.69) is 83.1 Å². The Balaban J connectivity index is -0.0000000825. The summed E-state index contributed by atoms with van der Waals surface area (Å²) in [5, 5.41) is 4.57. The van der Waals surface area contributed by atoms with Crippen LogP contribution >= 0.6 is 0 Å². The molecule has 0 aromatic heterocycles. The van der Waals surface area contributed by atoms with Crippen molar-refractivity contribution in [2.75, 3.05) is 7.05 Å². The first-order valence-corrected chi connectivity index (χ1v) is 15.0. The quantitative estimate of drug-likeness (QED) is 0.334. The summed E-state index contributed by atoms with van der Waals surface area (Å²) in [5.74, 6) is 1.01. The summed E-state index contributed by atoms with van der Waals surface area (Å²) in [6.45, 7) is 43.0. The number of hydrogen-bond acceptors (Lipinski definition) is 3. The van der Waals surface area contributed by atoms with Gasteiger partial charge in [-0.2, -0.15) is 5.10 Å². The van der Waals surface area contributed by atoms with Crippen molar-refractivity contribution in [2.24, 2.45) is 22.7 Å². The molecule has 0 radical (unpaired) electrons. The van der Waals surface area contributed by atoms with Gasteiger partial charge in [0, 0.05) is 11.5 Å². The smallest absolute Gasteiger partial charge is 0.0676 e. The molecular formula is C33H73N3. The zero-order chi connectivity index (χ0) is 30.7. The van der Waals surface area contributed by atoms with Crippen molar-refractivity contribution in [1.29, 1.82) is 0 Å². The van der Waals surface area contributed by atoms with E-state index in [0.29, 0.717) is 11.8 Å². The number of allylic oxidation sites excluding steroid dienone is 4. The molecule has 0 saturated heterocycles. The van der Waals surface area contributed by atoms with Gasteiger partial charge < -0.3 is 5.73 Å². The van der Waals surface area contributed by atoms with E-state index in [1.54, 1.807) is 0 Å². The molecule has 1 rings (SSSR count). The van der Waals surface area contributed by atoms with Gasteiger partial charge in [0.1, 0.15) is 0 Å². The summed E-state index contributed by atoms with van der Waals surface area (Å²) in [4.78, 5) is 0. The number of hydrazone groups is 1. The van der Waals surface area contributed by atoms with Crippen LogP contribution in [0.5, 0.6) is 0 Å². The van der Waals surface area contributed by atoms with Gasteiger partial charge in [-0.15, -0.1) is 6.58 Å². The molecular weight excluding hydrogens is 438 g/mol. The van der Waals surface area contributed by atoms with E-state index in [1.807, 2.05) is 76.2 Å². The fourth-order valence-electron chi connectivity index (χ4n) is 2.57. The monoisotopic (exact) mass is 512 g/mol. The predicted molar refractivity (Wildman–Crippen MR) is 177 cm³/mol. The third-order valence-electron chi connectivity index (χ3n) is 4.43. The molecule has 0 aromatic carbocycles. The first-order valence-electron chi connectivity index (χ1n) is 15.0. The molecule has 0 amide bonds. The van der Waals surface area contributed by atoms with Crippen LogP contribution in [0.15, 0.2) is 52.8 Å². The molecule has 1 heterocycles. The lowest BCUT2D eigenvalue weighted by Gasteiger charge is -2.28. The number of nitrogens with one attached hydrogen (secondary N) is 1. The summed E-state index contributed by atoms with van der Waals surface area (Å²) in [7, 11) is 1.50. The highest BCUT2D eigenvalue weighted by atomic mass is 15.3. The molecule has 36 heavy (non-hydrogen) atoms. The van der Waals surface area contributed by atoms with Crippen molar-refractivity contribution in [3.05, 3.63) is 47.7 Å². The van der Waals surface area contributed by atoms with E-state index < -0.39 is 0 Å². The van der Waals surface area contributed by atoms with E-state index in [9.17, 15) is 0 Å². The first kappa shape index (κ1) is 51.1. The van der Waals surface area contributed by atoms with Gasteiger partial charge in [0.2, 0.25) is 0 Å². The summed E-state index contributed by atoms with van der Waals surface area (Å²) < 4.78 is 0. The average Bonchev–Trinajstić information content (AvgIpc) is 2.96. The molecule has 0 fully saturated rings. The molecule has 0 saturated carbocycles. The van der Waals surface area contributed by atoms with Crippen molar-refractivity contribution in [3.8, 4) is 0 Å². The largest absolute Gasteiger partial charge is 0.333 e. The van der Waals surface area contributed by atoms with Crippen LogP contribution in [-0.4, -0.2) is 12.8 Å². The number of nitrogens with two attached hydrogens (primary N) is 1. The Labute approximate surface area is 231 Å². The van der Waals surface area contributed by atoms with E-state index in [-0.39, 0.29) is 0 Å². The van der Waals surface area contributed by atoms with Crippen LogP contribution in [0, 0.1) is 11.8 Å². The minimum absolute atomic E-state index is 0.482. The first-order chi connectivity index (χ1) is 17.3. The van der Waals surface area contributed by atoms with Gasteiger partial charge in [-0.25, -0.2) is 0 Å². The molecule has 0 aromatic rings. The Morgan fingerprint density at radius 1 is 0.889 bits per heavy atom. The number of nitrogens with zero attached hydrogens (tertiary/aromatic N) is 1. The molecule has 3 heteroatoms. The lowest BCUT2D eigenvalue weighted by atomic mass is 9.82. The van der Waals surface area contributed by atoms with Gasteiger partial charge in [-0.1, -0.05) is 135 Å². The summed E-state index contributed by atoms with van der Waals surface area (Å²) >= 11 is 0. The minimum atomic E-state index is 0.482. The highest BCUT2D eigenvalue weighted by Gasteiger charge is 2.26.